The summed E-state index contributed by atoms with van der Waals surface area (Å²) in [5.41, 5.74) is 7.67. The molecule has 0 fully saturated rings. The molecule has 6 rings (SSSR count). The zero-order valence-corrected chi connectivity index (χ0v) is 18.1. The Bertz CT molecular complexity index is 1550. The van der Waals surface area contributed by atoms with Crippen LogP contribution in [0.15, 0.2) is 102 Å². The molecule has 2 heterocycles. The third-order valence-corrected chi connectivity index (χ3v) is 6.64. The molecule has 4 nitrogen and oxygen atoms in total. The molecule has 1 N–H and O–H groups in total. The Morgan fingerprint density at radius 1 is 0.844 bits per heavy atom. The van der Waals surface area contributed by atoms with Gasteiger partial charge in [-0.05, 0) is 34.5 Å². The summed E-state index contributed by atoms with van der Waals surface area (Å²) in [5.74, 6) is 0. The highest BCUT2D eigenvalue weighted by atomic mass is 32.1. The average Bonchev–Trinajstić information content (AvgIpc) is 3.41. The molecule has 0 radical (unpaired) electrons. The lowest BCUT2D eigenvalue weighted by Crippen LogP contribution is -1.98. The van der Waals surface area contributed by atoms with Crippen LogP contribution >= 0.6 is 11.3 Å². The lowest BCUT2D eigenvalue weighted by molar-refractivity contribution is 0.842. The van der Waals surface area contributed by atoms with Crippen molar-refractivity contribution in [3.63, 3.8) is 0 Å². The lowest BCUT2D eigenvalue weighted by Gasteiger charge is -2.09. The Morgan fingerprint density at radius 2 is 1.62 bits per heavy atom. The molecular weight excluding hydrogens is 412 g/mol. The quantitative estimate of drug-likeness (QED) is 0.238. The Kier molecular flexibility index (Phi) is 4.66. The third kappa shape index (κ3) is 3.43. The van der Waals surface area contributed by atoms with E-state index in [-0.39, 0.29) is 0 Å². The molecule has 0 aliphatic carbocycles. The van der Waals surface area contributed by atoms with Crippen LogP contribution in [0.2, 0.25) is 0 Å². The van der Waals surface area contributed by atoms with Gasteiger partial charge in [0.05, 0.1) is 16.4 Å². The third-order valence-electron chi connectivity index (χ3n) is 5.70. The van der Waals surface area contributed by atoms with E-state index in [1.54, 1.807) is 11.3 Å². The molecule has 0 spiro atoms. The SMILES string of the molecule is C(=N/Nc1nc2ccccc2s1)/c1cn(Cc2cccc3ccccc23)c2ccccc12. The largest absolute Gasteiger partial charge is 0.342 e. The summed E-state index contributed by atoms with van der Waals surface area (Å²) < 4.78 is 3.45. The van der Waals surface area contributed by atoms with Crippen molar-refractivity contribution in [1.82, 2.24) is 9.55 Å². The van der Waals surface area contributed by atoms with Gasteiger partial charge in [0, 0.05) is 29.2 Å². The molecule has 154 valence electrons. The number of anilines is 1. The number of hydrogen-bond donors (Lipinski definition) is 1. The molecule has 0 amide bonds. The van der Waals surface area contributed by atoms with Crippen LogP contribution in [-0.2, 0) is 6.54 Å². The van der Waals surface area contributed by atoms with Crippen molar-refractivity contribution in [2.45, 2.75) is 6.54 Å². The smallest absolute Gasteiger partial charge is 0.204 e. The van der Waals surface area contributed by atoms with E-state index in [9.17, 15) is 0 Å². The first-order valence-corrected chi connectivity index (χ1v) is 11.4. The fourth-order valence-electron chi connectivity index (χ4n) is 4.20. The highest BCUT2D eigenvalue weighted by Crippen LogP contribution is 2.26. The molecule has 32 heavy (non-hydrogen) atoms. The highest BCUT2D eigenvalue weighted by molar-refractivity contribution is 7.22. The summed E-state index contributed by atoms with van der Waals surface area (Å²) >= 11 is 1.60. The summed E-state index contributed by atoms with van der Waals surface area (Å²) in [5, 5.41) is 9.02. The molecule has 5 heteroatoms. The second-order valence-corrected chi connectivity index (χ2v) is 8.76. The summed E-state index contributed by atoms with van der Waals surface area (Å²) in [7, 11) is 0. The lowest BCUT2D eigenvalue weighted by atomic mass is 10.0. The number of benzene rings is 4. The van der Waals surface area contributed by atoms with Gasteiger partial charge in [-0.3, -0.25) is 5.43 Å². The average molecular weight is 433 g/mol. The second-order valence-electron chi connectivity index (χ2n) is 7.72. The predicted molar refractivity (Wildman–Crippen MR) is 136 cm³/mol. The van der Waals surface area contributed by atoms with E-state index in [0.29, 0.717) is 0 Å². The van der Waals surface area contributed by atoms with Crippen LogP contribution in [0.25, 0.3) is 31.9 Å². The van der Waals surface area contributed by atoms with E-state index in [0.717, 1.165) is 27.5 Å². The highest BCUT2D eigenvalue weighted by Gasteiger charge is 2.09. The Morgan fingerprint density at radius 3 is 2.56 bits per heavy atom. The fraction of sp³-hybridized carbons (Fsp3) is 0.0370. The van der Waals surface area contributed by atoms with Crippen molar-refractivity contribution in [1.29, 1.82) is 0 Å². The summed E-state index contributed by atoms with van der Waals surface area (Å²) in [6.45, 7) is 0.807. The van der Waals surface area contributed by atoms with E-state index < -0.39 is 0 Å². The van der Waals surface area contributed by atoms with Gasteiger partial charge in [0.25, 0.3) is 0 Å². The van der Waals surface area contributed by atoms with E-state index in [4.69, 9.17) is 0 Å². The molecule has 6 aromatic rings. The van der Waals surface area contributed by atoms with Gasteiger partial charge in [-0.1, -0.05) is 84.1 Å². The van der Waals surface area contributed by atoms with E-state index in [2.05, 4.69) is 99.1 Å². The normalized spacial score (nSPS) is 11.8. The molecule has 4 aromatic carbocycles. The van der Waals surface area contributed by atoms with Gasteiger partial charge >= 0.3 is 0 Å². The fourth-order valence-corrected chi connectivity index (χ4v) is 5.02. The van der Waals surface area contributed by atoms with Crippen molar-refractivity contribution in [2.75, 3.05) is 5.43 Å². The Labute approximate surface area is 189 Å². The summed E-state index contributed by atoms with van der Waals surface area (Å²) in [4.78, 5) is 4.58. The molecule has 0 saturated carbocycles. The van der Waals surface area contributed by atoms with Gasteiger partial charge in [0.15, 0.2) is 0 Å². The maximum atomic E-state index is 4.58. The van der Waals surface area contributed by atoms with Crippen LogP contribution in [0.4, 0.5) is 5.13 Å². The van der Waals surface area contributed by atoms with Crippen LogP contribution in [0.5, 0.6) is 0 Å². The maximum absolute atomic E-state index is 4.58. The number of rotatable bonds is 5. The number of thiazole rings is 1. The van der Waals surface area contributed by atoms with Gasteiger partial charge < -0.3 is 4.57 Å². The van der Waals surface area contributed by atoms with Crippen molar-refractivity contribution >= 4 is 54.6 Å². The van der Waals surface area contributed by atoms with Crippen LogP contribution < -0.4 is 5.43 Å². The maximum Gasteiger partial charge on any atom is 0.204 e. The van der Waals surface area contributed by atoms with E-state index in [1.807, 2.05) is 24.4 Å². The first kappa shape index (κ1) is 18.8. The first-order valence-electron chi connectivity index (χ1n) is 10.5. The van der Waals surface area contributed by atoms with Crippen molar-refractivity contribution in [2.24, 2.45) is 5.10 Å². The molecule has 0 bridgehead atoms. The number of aromatic nitrogens is 2. The predicted octanol–water partition coefficient (Wildman–Crippen LogP) is 6.90. The van der Waals surface area contributed by atoms with Crippen LogP contribution in [-0.4, -0.2) is 15.8 Å². The summed E-state index contributed by atoms with van der Waals surface area (Å²) in [6.07, 6.45) is 4.06. The van der Waals surface area contributed by atoms with Crippen molar-refractivity contribution in [3.8, 4) is 0 Å². The number of nitrogens with one attached hydrogen (secondary N) is 1. The van der Waals surface area contributed by atoms with Gasteiger partial charge in [-0.2, -0.15) is 5.10 Å². The number of para-hydroxylation sites is 2. The standard InChI is InChI=1S/C27H20N4S/c1-2-11-22-19(8-1)9-7-10-20(22)17-31-18-21(23-12-3-5-14-25(23)31)16-28-30-27-29-24-13-4-6-15-26(24)32-27/h1-16,18H,17H2,(H,29,30)/b28-16-. The minimum absolute atomic E-state index is 0.793. The van der Waals surface area contributed by atoms with Gasteiger partial charge in [0.2, 0.25) is 5.13 Å². The number of nitrogens with zero attached hydrogens (tertiary/aromatic N) is 3. The molecule has 0 saturated heterocycles. The topological polar surface area (TPSA) is 42.2 Å². The number of hydrazone groups is 1. The molecular formula is C27H20N4S. The zero-order valence-electron chi connectivity index (χ0n) is 17.3. The molecule has 2 aromatic heterocycles. The van der Waals surface area contributed by atoms with Crippen LogP contribution in [0.1, 0.15) is 11.1 Å². The van der Waals surface area contributed by atoms with Gasteiger partial charge in [-0.15, -0.1) is 0 Å². The van der Waals surface area contributed by atoms with Gasteiger partial charge in [0.1, 0.15) is 0 Å². The number of hydrogen-bond acceptors (Lipinski definition) is 4. The molecule has 0 aliphatic rings. The van der Waals surface area contributed by atoms with Crippen LogP contribution in [0, 0.1) is 0 Å². The second kappa shape index (κ2) is 7.94. The van der Waals surface area contributed by atoms with Crippen molar-refractivity contribution in [3.05, 3.63) is 108 Å². The first-order chi connectivity index (χ1) is 15.8. The number of fused-ring (bicyclic) bond motifs is 3. The molecule has 0 unspecified atom stereocenters. The Balaban J connectivity index is 1.33. The van der Waals surface area contributed by atoms with Crippen molar-refractivity contribution < 1.29 is 0 Å². The Hall–Kier alpha value is -3.96. The molecule has 0 atom stereocenters. The minimum atomic E-state index is 0.793. The van der Waals surface area contributed by atoms with E-state index in [1.165, 1.54) is 27.2 Å². The minimum Gasteiger partial charge on any atom is -0.342 e. The van der Waals surface area contributed by atoms with E-state index >= 15 is 0 Å². The molecule has 0 aliphatic heterocycles. The van der Waals surface area contributed by atoms with Crippen LogP contribution in [0.3, 0.4) is 0 Å². The zero-order chi connectivity index (χ0) is 21.3. The van der Waals surface area contributed by atoms with Gasteiger partial charge in [-0.25, -0.2) is 4.98 Å². The summed E-state index contributed by atoms with van der Waals surface area (Å²) in [6, 6.07) is 31.6. The monoisotopic (exact) mass is 432 g/mol.